The Morgan fingerprint density at radius 1 is 1.25 bits per heavy atom. The number of esters is 1. The van der Waals surface area contributed by atoms with Crippen LogP contribution in [0.25, 0.3) is 0 Å². The van der Waals surface area contributed by atoms with Gasteiger partial charge in [0.1, 0.15) is 11.6 Å². The van der Waals surface area contributed by atoms with Gasteiger partial charge in [-0.15, -0.1) is 0 Å². The molecular formula is C24H40N2O6. The van der Waals surface area contributed by atoms with Gasteiger partial charge in [0, 0.05) is 18.7 Å². The number of aliphatic hydroxyl groups excluding tert-OH is 1. The molecule has 8 heteroatoms. The van der Waals surface area contributed by atoms with Crippen LogP contribution in [0.5, 0.6) is 0 Å². The Bertz CT molecular complexity index is 745. The number of nitrogens with zero attached hydrogens (tertiary/aromatic N) is 1. The Labute approximate surface area is 191 Å². The highest BCUT2D eigenvalue weighted by Crippen LogP contribution is 2.58. The van der Waals surface area contributed by atoms with Crippen LogP contribution in [-0.4, -0.2) is 70.8 Å². The predicted octanol–water partition coefficient (Wildman–Crippen LogP) is 2.03. The Morgan fingerprint density at radius 2 is 1.94 bits per heavy atom. The van der Waals surface area contributed by atoms with Crippen molar-refractivity contribution in [3.05, 3.63) is 0 Å². The monoisotopic (exact) mass is 452 g/mol. The molecule has 2 amide bonds. The lowest BCUT2D eigenvalue weighted by Crippen LogP contribution is -2.59. The number of unbranched alkanes of at least 4 members (excludes halogenated alkanes) is 1. The van der Waals surface area contributed by atoms with Gasteiger partial charge in [0.15, 0.2) is 0 Å². The quantitative estimate of drug-likeness (QED) is 0.410. The fraction of sp³-hybridized carbons (Fsp3) is 0.875. The summed E-state index contributed by atoms with van der Waals surface area (Å²) in [5.41, 5.74) is -1.46. The molecule has 3 aliphatic rings. The number of fused-ring (bicyclic) bond motifs is 1. The van der Waals surface area contributed by atoms with Gasteiger partial charge in [-0.05, 0) is 58.3 Å². The maximum Gasteiger partial charge on any atom is 0.312 e. The molecule has 0 aromatic rings. The van der Waals surface area contributed by atoms with Gasteiger partial charge in [-0.2, -0.15) is 0 Å². The highest BCUT2D eigenvalue weighted by atomic mass is 16.6. The van der Waals surface area contributed by atoms with Gasteiger partial charge in [0.25, 0.3) is 0 Å². The van der Waals surface area contributed by atoms with Crippen molar-refractivity contribution in [1.82, 2.24) is 10.2 Å². The number of carbonyl (C=O) groups excluding carboxylic acids is 3. The number of carbonyl (C=O) groups is 3. The first-order chi connectivity index (χ1) is 14.9. The van der Waals surface area contributed by atoms with Crippen LogP contribution in [0.1, 0.15) is 73.6 Å². The van der Waals surface area contributed by atoms with Gasteiger partial charge in [-0.3, -0.25) is 14.4 Å². The minimum atomic E-state index is -1.000. The molecule has 2 bridgehead atoms. The Balaban J connectivity index is 1.92. The molecule has 3 heterocycles. The highest BCUT2D eigenvalue weighted by Gasteiger charge is 2.74. The van der Waals surface area contributed by atoms with Crippen LogP contribution in [0.4, 0.5) is 0 Å². The van der Waals surface area contributed by atoms with Crippen LogP contribution < -0.4 is 5.32 Å². The Kier molecular flexibility index (Phi) is 6.97. The third-order valence-corrected chi connectivity index (χ3v) is 6.85. The second kappa shape index (κ2) is 8.93. The topological polar surface area (TPSA) is 105 Å². The highest BCUT2D eigenvalue weighted by molar-refractivity contribution is 5.98. The summed E-state index contributed by atoms with van der Waals surface area (Å²) in [4.78, 5) is 41.6. The van der Waals surface area contributed by atoms with Crippen LogP contribution in [-0.2, 0) is 23.9 Å². The number of rotatable bonds is 9. The molecule has 3 fully saturated rings. The summed E-state index contributed by atoms with van der Waals surface area (Å²) in [6, 6.07) is -0.789. The average molecular weight is 453 g/mol. The summed E-state index contributed by atoms with van der Waals surface area (Å²) < 4.78 is 11.6. The number of amides is 2. The molecular weight excluding hydrogens is 412 g/mol. The van der Waals surface area contributed by atoms with Crippen molar-refractivity contribution in [3.63, 3.8) is 0 Å². The number of likely N-dealkylation sites (tertiary alicyclic amines) is 1. The zero-order valence-electron chi connectivity index (χ0n) is 20.4. The van der Waals surface area contributed by atoms with Crippen LogP contribution in [0.15, 0.2) is 0 Å². The van der Waals surface area contributed by atoms with E-state index in [1.54, 1.807) is 11.8 Å². The van der Waals surface area contributed by atoms with Crippen molar-refractivity contribution in [3.8, 4) is 0 Å². The lowest BCUT2D eigenvalue weighted by molar-refractivity contribution is -0.154. The van der Waals surface area contributed by atoms with Crippen molar-refractivity contribution < 1.29 is 29.0 Å². The predicted molar refractivity (Wildman–Crippen MR) is 119 cm³/mol. The molecule has 3 rings (SSSR count). The number of ether oxygens (including phenoxy) is 2. The van der Waals surface area contributed by atoms with E-state index in [9.17, 15) is 19.5 Å². The number of hydrogen-bond acceptors (Lipinski definition) is 6. The maximum absolute atomic E-state index is 13.7. The van der Waals surface area contributed by atoms with Gasteiger partial charge < -0.3 is 24.8 Å². The normalized spacial score (nSPS) is 31.7. The van der Waals surface area contributed by atoms with E-state index in [2.05, 4.69) is 26.1 Å². The minimum absolute atomic E-state index is 0.0151. The largest absolute Gasteiger partial charge is 0.466 e. The van der Waals surface area contributed by atoms with Crippen LogP contribution >= 0.6 is 0 Å². The molecule has 32 heavy (non-hydrogen) atoms. The van der Waals surface area contributed by atoms with Gasteiger partial charge in [0.05, 0.1) is 24.5 Å². The molecule has 1 spiro atoms. The first-order valence-corrected chi connectivity index (χ1v) is 11.9. The molecule has 0 aromatic heterocycles. The van der Waals surface area contributed by atoms with Crippen LogP contribution in [0.2, 0.25) is 0 Å². The number of hydrogen-bond donors (Lipinski definition) is 2. The second-order valence-corrected chi connectivity index (χ2v) is 11.4. The standard InChI is InChI=1S/C24H40N2O6/c1-7-31-21(30)16-15-10-11-24(32-15)17(16)20(29)26(12-8-9-13-27)18(24)19(28)25-23(5,6)14-22(2,3)4/h15-18,27H,7-14H2,1-6H3,(H,25,28)/t15-,16+,17-,18?,24?/m0/s1. The molecule has 5 atom stereocenters. The summed E-state index contributed by atoms with van der Waals surface area (Å²) in [6.45, 7) is 12.7. The molecule has 8 nitrogen and oxygen atoms in total. The van der Waals surface area contributed by atoms with E-state index >= 15 is 0 Å². The van der Waals surface area contributed by atoms with Crippen molar-refractivity contribution >= 4 is 17.8 Å². The summed E-state index contributed by atoms with van der Waals surface area (Å²) in [7, 11) is 0. The summed E-state index contributed by atoms with van der Waals surface area (Å²) in [6.07, 6.45) is 2.69. The molecule has 0 aromatic carbocycles. The van der Waals surface area contributed by atoms with Crippen molar-refractivity contribution in [2.45, 2.75) is 96.9 Å². The lowest BCUT2D eigenvalue weighted by atomic mass is 9.70. The zero-order chi connectivity index (χ0) is 23.9. The summed E-state index contributed by atoms with van der Waals surface area (Å²) in [5, 5.41) is 12.4. The fourth-order valence-electron chi connectivity index (χ4n) is 6.37. The van der Waals surface area contributed by atoms with Crippen molar-refractivity contribution in [2.24, 2.45) is 17.3 Å². The van der Waals surface area contributed by atoms with E-state index in [0.29, 0.717) is 32.2 Å². The van der Waals surface area contributed by atoms with Gasteiger partial charge in [0.2, 0.25) is 11.8 Å². The molecule has 2 unspecified atom stereocenters. The van der Waals surface area contributed by atoms with Crippen molar-refractivity contribution in [2.75, 3.05) is 19.8 Å². The summed E-state index contributed by atoms with van der Waals surface area (Å²) >= 11 is 0. The molecule has 3 saturated heterocycles. The maximum atomic E-state index is 13.7. The van der Waals surface area contributed by atoms with Crippen molar-refractivity contribution in [1.29, 1.82) is 0 Å². The smallest absolute Gasteiger partial charge is 0.312 e. The molecule has 3 aliphatic heterocycles. The van der Waals surface area contributed by atoms with E-state index in [0.717, 1.165) is 6.42 Å². The van der Waals surface area contributed by atoms with Gasteiger partial charge in [-0.1, -0.05) is 20.8 Å². The third-order valence-electron chi connectivity index (χ3n) is 6.85. The van der Waals surface area contributed by atoms with E-state index in [1.807, 2.05) is 13.8 Å². The lowest BCUT2D eigenvalue weighted by Gasteiger charge is -2.38. The first-order valence-electron chi connectivity index (χ1n) is 11.9. The average Bonchev–Trinajstić information content (AvgIpc) is 3.27. The minimum Gasteiger partial charge on any atom is -0.466 e. The Morgan fingerprint density at radius 3 is 2.53 bits per heavy atom. The number of aliphatic hydroxyl groups is 1. The van der Waals surface area contributed by atoms with Crippen LogP contribution in [0.3, 0.4) is 0 Å². The van der Waals surface area contributed by atoms with E-state index < -0.39 is 35.0 Å². The molecule has 182 valence electrons. The molecule has 0 radical (unpaired) electrons. The van der Waals surface area contributed by atoms with E-state index in [1.165, 1.54) is 0 Å². The zero-order valence-corrected chi connectivity index (χ0v) is 20.4. The molecule has 2 N–H and O–H groups in total. The second-order valence-electron chi connectivity index (χ2n) is 11.4. The molecule has 0 aliphatic carbocycles. The fourth-order valence-corrected chi connectivity index (χ4v) is 6.37. The third kappa shape index (κ3) is 4.53. The Hall–Kier alpha value is -1.67. The number of nitrogens with one attached hydrogen (secondary N) is 1. The molecule has 0 saturated carbocycles. The van der Waals surface area contributed by atoms with Crippen LogP contribution in [0, 0.1) is 17.3 Å². The SMILES string of the molecule is CCOC(=O)[C@@H]1[C@@H]2CCC3(O2)C(C(=O)NC(C)(C)CC(C)(C)C)N(CCCCO)C(=O)[C@H]13. The first kappa shape index (κ1) is 25.0. The van der Waals surface area contributed by atoms with Gasteiger partial charge in [-0.25, -0.2) is 0 Å². The van der Waals surface area contributed by atoms with E-state index in [4.69, 9.17) is 9.47 Å². The van der Waals surface area contributed by atoms with Gasteiger partial charge >= 0.3 is 5.97 Å². The summed E-state index contributed by atoms with van der Waals surface area (Å²) in [5.74, 6) is -2.23. The van der Waals surface area contributed by atoms with E-state index in [-0.39, 0.29) is 36.5 Å².